The quantitative estimate of drug-likeness (QED) is 0.720. The molecule has 0 aliphatic heterocycles. The third-order valence-corrected chi connectivity index (χ3v) is 3.33. The molecule has 0 spiro atoms. The number of likely N-dealkylation sites (N-methyl/N-ethyl adjacent to an activating group) is 1. The van der Waals surface area contributed by atoms with Crippen LogP contribution >= 0.6 is 11.3 Å². The number of rotatable bonds is 5. The molecule has 0 amide bonds. The molecule has 0 atom stereocenters. The number of thiophene rings is 1. The van der Waals surface area contributed by atoms with Crippen LogP contribution in [0.1, 0.15) is 16.7 Å². The third-order valence-electron chi connectivity index (χ3n) is 2.12. The van der Waals surface area contributed by atoms with E-state index in [1.54, 1.807) is 11.3 Å². The molecular weight excluding hydrogens is 210 g/mol. The number of hydrogen-bond acceptors (Lipinski definition) is 4. The molecule has 0 saturated carbocycles. The van der Waals surface area contributed by atoms with E-state index in [1.165, 1.54) is 16.9 Å². The van der Waals surface area contributed by atoms with E-state index in [0.29, 0.717) is 6.54 Å². The fraction of sp³-hybridized carbons (Fsp3) is 0.545. The first-order valence-corrected chi connectivity index (χ1v) is 5.80. The van der Waals surface area contributed by atoms with Gasteiger partial charge in [0, 0.05) is 16.3 Å². The Balaban J connectivity index is 2.43. The van der Waals surface area contributed by atoms with Gasteiger partial charge in [-0.15, -0.1) is 11.3 Å². The number of hydrogen-bond donors (Lipinski definition) is 0. The van der Waals surface area contributed by atoms with Crippen molar-refractivity contribution in [2.75, 3.05) is 20.7 Å². The fourth-order valence-corrected chi connectivity index (χ4v) is 2.34. The minimum absolute atomic E-state index is 0.190. The Morgan fingerprint density at radius 1 is 1.47 bits per heavy atom. The summed E-state index contributed by atoms with van der Waals surface area (Å²) in [4.78, 5) is 15.6. The first kappa shape index (κ1) is 12.2. The Morgan fingerprint density at radius 3 is 2.67 bits per heavy atom. The zero-order valence-electron chi connectivity index (χ0n) is 9.45. The van der Waals surface area contributed by atoms with Gasteiger partial charge >= 0.3 is 5.97 Å². The molecule has 0 aromatic carbocycles. The highest BCUT2D eigenvalue weighted by Crippen LogP contribution is 2.18. The Hall–Kier alpha value is -0.870. The summed E-state index contributed by atoms with van der Waals surface area (Å²) in [6.45, 7) is 3.30. The van der Waals surface area contributed by atoms with Gasteiger partial charge in [0.1, 0.15) is 0 Å². The number of ether oxygens (including phenoxy) is 1. The van der Waals surface area contributed by atoms with Crippen molar-refractivity contribution >= 4 is 17.3 Å². The molecule has 0 aliphatic rings. The van der Waals surface area contributed by atoms with Crippen molar-refractivity contribution in [3.05, 3.63) is 21.9 Å². The lowest BCUT2D eigenvalue weighted by atomic mass is 10.3. The first-order chi connectivity index (χ1) is 7.15. The molecule has 0 radical (unpaired) electrons. The van der Waals surface area contributed by atoms with Gasteiger partial charge in [-0.2, -0.15) is 0 Å². The number of carbonyl (C=O) groups is 1. The second-order valence-electron chi connectivity index (χ2n) is 3.47. The van der Waals surface area contributed by atoms with E-state index < -0.39 is 0 Å². The van der Waals surface area contributed by atoms with E-state index in [-0.39, 0.29) is 5.97 Å². The van der Waals surface area contributed by atoms with Gasteiger partial charge in [0.15, 0.2) is 0 Å². The summed E-state index contributed by atoms with van der Waals surface area (Å²) in [5.41, 5.74) is 0. The molecule has 1 aromatic rings. The molecule has 3 nitrogen and oxygen atoms in total. The van der Waals surface area contributed by atoms with Gasteiger partial charge in [0.2, 0.25) is 0 Å². The van der Waals surface area contributed by atoms with Crippen LogP contribution in [0, 0.1) is 0 Å². The monoisotopic (exact) mass is 227 g/mol. The number of carbonyl (C=O) groups excluding carboxylic acids is 1. The summed E-state index contributed by atoms with van der Waals surface area (Å²) in [7, 11) is 3.33. The number of methoxy groups -OCH3 is 1. The number of aryl methyl sites for hydroxylation is 1. The highest BCUT2D eigenvalue weighted by atomic mass is 32.1. The minimum Gasteiger partial charge on any atom is -0.468 e. The van der Waals surface area contributed by atoms with Crippen molar-refractivity contribution < 1.29 is 9.53 Å². The van der Waals surface area contributed by atoms with Gasteiger partial charge in [0.05, 0.1) is 13.7 Å². The average Bonchev–Trinajstić information content (AvgIpc) is 2.65. The highest BCUT2D eigenvalue weighted by Gasteiger charge is 2.07. The standard InChI is InChI=1S/C11H17NO2S/c1-4-9-5-6-10(15-9)7-12(2)8-11(13)14-3/h5-6H,4,7-8H2,1-3H3. The largest absolute Gasteiger partial charge is 0.468 e. The Labute approximate surface area is 94.7 Å². The van der Waals surface area contributed by atoms with Crippen LogP contribution in [-0.2, 0) is 22.5 Å². The van der Waals surface area contributed by atoms with Crippen LogP contribution in [-0.4, -0.2) is 31.6 Å². The Kier molecular flexibility index (Phi) is 4.78. The van der Waals surface area contributed by atoms with Gasteiger partial charge in [0.25, 0.3) is 0 Å². The van der Waals surface area contributed by atoms with Gasteiger partial charge < -0.3 is 4.74 Å². The summed E-state index contributed by atoms with van der Waals surface area (Å²) >= 11 is 1.80. The SMILES string of the molecule is CCc1ccc(CN(C)CC(=O)OC)s1. The number of esters is 1. The lowest BCUT2D eigenvalue weighted by molar-refractivity contribution is -0.141. The van der Waals surface area contributed by atoms with E-state index in [9.17, 15) is 4.79 Å². The molecule has 84 valence electrons. The lowest BCUT2D eigenvalue weighted by Crippen LogP contribution is -2.25. The Morgan fingerprint density at radius 2 is 2.13 bits per heavy atom. The molecule has 1 heterocycles. The van der Waals surface area contributed by atoms with E-state index in [1.807, 2.05) is 11.9 Å². The second kappa shape index (κ2) is 5.88. The molecule has 4 heteroatoms. The van der Waals surface area contributed by atoms with Crippen molar-refractivity contribution in [3.8, 4) is 0 Å². The average molecular weight is 227 g/mol. The maximum Gasteiger partial charge on any atom is 0.319 e. The van der Waals surface area contributed by atoms with E-state index in [4.69, 9.17) is 0 Å². The van der Waals surface area contributed by atoms with Crippen molar-refractivity contribution in [2.45, 2.75) is 19.9 Å². The molecule has 0 bridgehead atoms. The second-order valence-corrected chi connectivity index (χ2v) is 4.72. The summed E-state index contributed by atoms with van der Waals surface area (Å²) in [5, 5.41) is 0. The number of nitrogens with zero attached hydrogens (tertiary/aromatic N) is 1. The van der Waals surface area contributed by atoms with Gasteiger partial charge in [-0.1, -0.05) is 6.92 Å². The van der Waals surface area contributed by atoms with Gasteiger partial charge in [-0.05, 0) is 25.6 Å². The highest BCUT2D eigenvalue weighted by molar-refractivity contribution is 7.11. The molecule has 0 fully saturated rings. The molecule has 1 aromatic heterocycles. The van der Waals surface area contributed by atoms with Gasteiger partial charge in [-0.25, -0.2) is 0 Å². The first-order valence-electron chi connectivity index (χ1n) is 4.98. The topological polar surface area (TPSA) is 29.5 Å². The molecule has 1 rings (SSSR count). The molecule has 0 N–H and O–H groups in total. The normalized spacial score (nSPS) is 10.7. The van der Waals surface area contributed by atoms with Crippen molar-refractivity contribution in [1.29, 1.82) is 0 Å². The van der Waals surface area contributed by atoms with Crippen LogP contribution in [0.15, 0.2) is 12.1 Å². The third kappa shape index (κ3) is 4.01. The predicted molar refractivity (Wildman–Crippen MR) is 62.0 cm³/mol. The van der Waals surface area contributed by atoms with Crippen molar-refractivity contribution in [1.82, 2.24) is 4.90 Å². The summed E-state index contributed by atoms with van der Waals surface area (Å²) in [6.07, 6.45) is 1.07. The van der Waals surface area contributed by atoms with Crippen molar-refractivity contribution in [3.63, 3.8) is 0 Å². The summed E-state index contributed by atoms with van der Waals surface area (Å²) in [5.74, 6) is -0.190. The molecule has 0 unspecified atom stereocenters. The smallest absolute Gasteiger partial charge is 0.319 e. The van der Waals surface area contributed by atoms with Crippen LogP contribution < -0.4 is 0 Å². The summed E-state index contributed by atoms with van der Waals surface area (Å²) in [6, 6.07) is 4.27. The van der Waals surface area contributed by atoms with Crippen LogP contribution in [0.2, 0.25) is 0 Å². The summed E-state index contributed by atoms with van der Waals surface area (Å²) < 4.78 is 4.61. The van der Waals surface area contributed by atoms with E-state index in [2.05, 4.69) is 23.8 Å². The van der Waals surface area contributed by atoms with Crippen LogP contribution in [0.25, 0.3) is 0 Å². The van der Waals surface area contributed by atoms with Crippen molar-refractivity contribution in [2.24, 2.45) is 0 Å². The maximum absolute atomic E-state index is 11.0. The maximum atomic E-state index is 11.0. The zero-order valence-corrected chi connectivity index (χ0v) is 10.3. The molecule has 0 aliphatic carbocycles. The fourth-order valence-electron chi connectivity index (χ4n) is 1.30. The van der Waals surface area contributed by atoms with Gasteiger partial charge in [-0.3, -0.25) is 9.69 Å². The molecule has 0 saturated heterocycles. The van der Waals surface area contributed by atoms with Crippen LogP contribution in [0.4, 0.5) is 0 Å². The van der Waals surface area contributed by atoms with Crippen LogP contribution in [0.5, 0.6) is 0 Å². The predicted octanol–water partition coefficient (Wildman–Crippen LogP) is 1.92. The van der Waals surface area contributed by atoms with Crippen LogP contribution in [0.3, 0.4) is 0 Å². The lowest BCUT2D eigenvalue weighted by Gasteiger charge is -2.13. The van der Waals surface area contributed by atoms with E-state index >= 15 is 0 Å². The Bertz CT molecular complexity index is 322. The molecule has 15 heavy (non-hydrogen) atoms. The van der Waals surface area contributed by atoms with E-state index in [0.717, 1.165) is 13.0 Å². The minimum atomic E-state index is -0.190. The molecular formula is C11H17NO2S. The zero-order chi connectivity index (χ0) is 11.3.